The van der Waals surface area contributed by atoms with Gasteiger partial charge in [0.2, 0.25) is 0 Å². The van der Waals surface area contributed by atoms with E-state index in [1.165, 1.54) is 11.1 Å². The number of benzene rings is 1. The molecule has 1 rings (SSSR count). The molecule has 0 saturated carbocycles. The van der Waals surface area contributed by atoms with Crippen LogP contribution < -0.4 is 5.32 Å². The van der Waals surface area contributed by atoms with Crippen molar-refractivity contribution in [3.8, 4) is 0 Å². The van der Waals surface area contributed by atoms with Crippen LogP contribution in [-0.2, 0) is 13.1 Å². The molecule has 0 radical (unpaired) electrons. The van der Waals surface area contributed by atoms with E-state index in [2.05, 4.69) is 47.6 Å². The molecule has 1 aromatic rings. The zero-order valence-corrected chi connectivity index (χ0v) is 10.7. The van der Waals surface area contributed by atoms with Crippen LogP contribution in [0, 0.1) is 0 Å². The molecule has 2 nitrogen and oxygen atoms in total. The Bertz CT molecular complexity index is 330. The van der Waals surface area contributed by atoms with Gasteiger partial charge in [0.1, 0.15) is 0 Å². The quantitative estimate of drug-likeness (QED) is 0.691. The van der Waals surface area contributed by atoms with Gasteiger partial charge in [0.15, 0.2) is 0 Å². The van der Waals surface area contributed by atoms with E-state index >= 15 is 0 Å². The first-order chi connectivity index (χ1) is 8.30. The second kappa shape index (κ2) is 7.82. The van der Waals surface area contributed by atoms with Crippen LogP contribution in [0.25, 0.3) is 0 Å². The Balaban J connectivity index is 2.59. The number of hydrogen-bond donors (Lipinski definition) is 1. The van der Waals surface area contributed by atoms with Gasteiger partial charge in [-0.2, -0.15) is 0 Å². The van der Waals surface area contributed by atoms with E-state index in [9.17, 15) is 0 Å². The fraction of sp³-hybridized carbons (Fsp3) is 0.333. The van der Waals surface area contributed by atoms with Gasteiger partial charge in [-0.25, -0.2) is 0 Å². The third-order valence-electron chi connectivity index (χ3n) is 2.58. The average Bonchev–Trinajstić information content (AvgIpc) is 2.33. The zero-order valence-electron chi connectivity index (χ0n) is 10.7. The van der Waals surface area contributed by atoms with Gasteiger partial charge in [0.05, 0.1) is 0 Å². The average molecular weight is 230 g/mol. The van der Waals surface area contributed by atoms with Gasteiger partial charge in [0.25, 0.3) is 0 Å². The van der Waals surface area contributed by atoms with Crippen molar-refractivity contribution in [2.24, 2.45) is 0 Å². The highest BCUT2D eigenvalue weighted by molar-refractivity contribution is 5.22. The van der Waals surface area contributed by atoms with Crippen LogP contribution in [0.4, 0.5) is 0 Å². The molecule has 92 valence electrons. The van der Waals surface area contributed by atoms with Crippen molar-refractivity contribution >= 4 is 0 Å². The van der Waals surface area contributed by atoms with Crippen LogP contribution in [0.5, 0.6) is 0 Å². The lowest BCUT2D eigenvalue weighted by Crippen LogP contribution is -2.23. The Labute approximate surface area is 105 Å². The zero-order chi connectivity index (χ0) is 12.5. The molecular formula is C15H22N2. The lowest BCUT2D eigenvalue weighted by molar-refractivity contribution is 0.328. The number of rotatable bonds is 8. The monoisotopic (exact) mass is 230 g/mol. The number of hydrogen-bond acceptors (Lipinski definition) is 2. The molecule has 0 atom stereocenters. The molecule has 0 unspecified atom stereocenters. The maximum Gasteiger partial charge on any atom is 0.0240 e. The van der Waals surface area contributed by atoms with Gasteiger partial charge < -0.3 is 5.32 Å². The largest absolute Gasteiger partial charge is 0.316 e. The summed E-state index contributed by atoms with van der Waals surface area (Å²) in [5.74, 6) is 0. The maximum atomic E-state index is 3.78. The van der Waals surface area contributed by atoms with Gasteiger partial charge in [-0.1, -0.05) is 36.4 Å². The minimum Gasteiger partial charge on any atom is -0.316 e. The first kappa shape index (κ1) is 13.7. The summed E-state index contributed by atoms with van der Waals surface area (Å²) >= 11 is 0. The normalized spacial score (nSPS) is 10.5. The van der Waals surface area contributed by atoms with E-state index in [-0.39, 0.29) is 0 Å². The predicted molar refractivity (Wildman–Crippen MR) is 74.9 cm³/mol. The van der Waals surface area contributed by atoms with Crippen LogP contribution in [0.3, 0.4) is 0 Å². The fourth-order valence-corrected chi connectivity index (χ4v) is 1.79. The minimum absolute atomic E-state index is 0.893. The molecule has 1 aromatic carbocycles. The molecule has 0 aliphatic heterocycles. The van der Waals surface area contributed by atoms with Crippen LogP contribution in [0.2, 0.25) is 0 Å². The highest BCUT2D eigenvalue weighted by Gasteiger charge is 2.02. The van der Waals surface area contributed by atoms with Gasteiger partial charge in [-0.05, 0) is 18.2 Å². The summed E-state index contributed by atoms with van der Waals surface area (Å²) in [4.78, 5) is 2.30. The van der Waals surface area contributed by atoms with Crippen LogP contribution >= 0.6 is 0 Å². The Morgan fingerprint density at radius 2 is 1.59 bits per heavy atom. The highest BCUT2D eigenvalue weighted by atomic mass is 15.1. The molecule has 1 N–H and O–H groups in total. The summed E-state index contributed by atoms with van der Waals surface area (Å²) in [5, 5.41) is 3.15. The molecule has 0 spiro atoms. The first-order valence-electron chi connectivity index (χ1n) is 5.96. The first-order valence-corrected chi connectivity index (χ1v) is 5.96. The maximum absolute atomic E-state index is 3.78. The summed E-state index contributed by atoms with van der Waals surface area (Å²) in [6.45, 7) is 11.2. The smallest absolute Gasteiger partial charge is 0.0240 e. The van der Waals surface area contributed by atoms with Crippen molar-refractivity contribution in [2.45, 2.75) is 13.1 Å². The van der Waals surface area contributed by atoms with E-state index in [0.717, 1.165) is 26.2 Å². The Hall–Kier alpha value is -1.38. The Morgan fingerprint density at radius 1 is 1.06 bits per heavy atom. The van der Waals surface area contributed by atoms with E-state index in [1.54, 1.807) is 0 Å². The summed E-state index contributed by atoms with van der Waals surface area (Å²) < 4.78 is 0. The molecule has 0 fully saturated rings. The molecule has 2 heteroatoms. The van der Waals surface area contributed by atoms with Crippen molar-refractivity contribution < 1.29 is 0 Å². The van der Waals surface area contributed by atoms with Crippen molar-refractivity contribution in [1.29, 1.82) is 0 Å². The van der Waals surface area contributed by atoms with Crippen LogP contribution in [-0.4, -0.2) is 25.0 Å². The molecule has 0 aromatic heterocycles. The van der Waals surface area contributed by atoms with Gasteiger partial charge in [-0.15, -0.1) is 13.2 Å². The van der Waals surface area contributed by atoms with E-state index < -0.39 is 0 Å². The van der Waals surface area contributed by atoms with E-state index in [1.807, 2.05) is 19.2 Å². The number of nitrogens with zero attached hydrogens (tertiary/aromatic N) is 1. The van der Waals surface area contributed by atoms with Crippen LogP contribution in [0.15, 0.2) is 49.6 Å². The van der Waals surface area contributed by atoms with Crippen molar-refractivity contribution in [1.82, 2.24) is 10.2 Å². The van der Waals surface area contributed by atoms with Gasteiger partial charge in [-0.3, -0.25) is 4.90 Å². The summed E-state index contributed by atoms with van der Waals surface area (Å²) in [6, 6.07) is 8.72. The van der Waals surface area contributed by atoms with Gasteiger partial charge >= 0.3 is 0 Å². The fourth-order valence-electron chi connectivity index (χ4n) is 1.79. The predicted octanol–water partition coefficient (Wildman–Crippen LogP) is 2.58. The van der Waals surface area contributed by atoms with E-state index in [4.69, 9.17) is 0 Å². The summed E-state index contributed by atoms with van der Waals surface area (Å²) in [5.41, 5.74) is 2.64. The molecule has 0 aliphatic carbocycles. The Kier molecular flexibility index (Phi) is 6.30. The standard InChI is InChI=1S/C15H22N2/c1-4-10-17(11-5-2)13-15-8-6-14(7-9-15)12-16-3/h4-9,16H,1-2,10-13H2,3H3. The lowest BCUT2D eigenvalue weighted by atomic mass is 10.1. The van der Waals surface area contributed by atoms with Gasteiger partial charge in [0, 0.05) is 26.2 Å². The molecule has 0 bridgehead atoms. The molecule has 0 aliphatic rings. The number of nitrogens with one attached hydrogen (secondary N) is 1. The topological polar surface area (TPSA) is 15.3 Å². The Morgan fingerprint density at radius 3 is 2.06 bits per heavy atom. The van der Waals surface area contributed by atoms with Crippen molar-refractivity contribution in [2.75, 3.05) is 20.1 Å². The molecule has 0 amide bonds. The highest BCUT2D eigenvalue weighted by Crippen LogP contribution is 2.07. The summed E-state index contributed by atoms with van der Waals surface area (Å²) in [7, 11) is 1.96. The molecular weight excluding hydrogens is 208 g/mol. The molecule has 0 saturated heterocycles. The third kappa shape index (κ3) is 4.98. The van der Waals surface area contributed by atoms with Crippen LogP contribution in [0.1, 0.15) is 11.1 Å². The lowest BCUT2D eigenvalue weighted by Gasteiger charge is -2.18. The minimum atomic E-state index is 0.893. The van der Waals surface area contributed by atoms with E-state index in [0.29, 0.717) is 0 Å². The second-order valence-electron chi connectivity index (χ2n) is 4.12. The summed E-state index contributed by atoms with van der Waals surface area (Å²) in [6.07, 6.45) is 3.86. The second-order valence-corrected chi connectivity index (χ2v) is 4.12. The molecule has 0 heterocycles. The SMILES string of the molecule is C=CCN(CC=C)Cc1ccc(CNC)cc1. The molecule has 17 heavy (non-hydrogen) atoms. The van der Waals surface area contributed by atoms with Crippen molar-refractivity contribution in [3.63, 3.8) is 0 Å². The third-order valence-corrected chi connectivity index (χ3v) is 2.58. The van der Waals surface area contributed by atoms with Crippen molar-refractivity contribution in [3.05, 3.63) is 60.7 Å².